The molecule has 1 aliphatic rings. The van der Waals surface area contributed by atoms with Crippen molar-refractivity contribution in [3.05, 3.63) is 28.2 Å². The van der Waals surface area contributed by atoms with Gasteiger partial charge in [-0.2, -0.15) is 4.39 Å². The molecule has 0 spiro atoms. The van der Waals surface area contributed by atoms with E-state index in [1.54, 1.807) is 0 Å². The maximum atomic E-state index is 12.9. The van der Waals surface area contributed by atoms with Crippen LogP contribution < -0.4 is 5.32 Å². The van der Waals surface area contributed by atoms with Crippen molar-refractivity contribution < 1.29 is 13.9 Å². The first-order valence-electron chi connectivity index (χ1n) is 5.84. The Morgan fingerprint density at radius 3 is 3.17 bits per heavy atom. The zero-order valence-electron chi connectivity index (χ0n) is 9.79. The van der Waals surface area contributed by atoms with E-state index in [1.807, 2.05) is 0 Å². The molecule has 2 rings (SSSR count). The summed E-state index contributed by atoms with van der Waals surface area (Å²) in [5.41, 5.74) is 0.347. The average Bonchev–Trinajstić information content (AvgIpc) is 2.40. The van der Waals surface area contributed by atoms with Gasteiger partial charge in [-0.05, 0) is 40.8 Å². The van der Waals surface area contributed by atoms with Crippen molar-refractivity contribution in [2.75, 3.05) is 19.8 Å². The van der Waals surface area contributed by atoms with Gasteiger partial charge in [-0.25, -0.2) is 4.98 Å². The van der Waals surface area contributed by atoms with Crippen molar-refractivity contribution in [3.8, 4) is 0 Å². The third-order valence-corrected chi connectivity index (χ3v) is 3.42. The van der Waals surface area contributed by atoms with Gasteiger partial charge in [0.1, 0.15) is 0 Å². The molecule has 1 fully saturated rings. The number of nitrogens with zero attached hydrogens (tertiary/aromatic N) is 1. The van der Waals surface area contributed by atoms with E-state index in [4.69, 9.17) is 4.74 Å². The highest BCUT2D eigenvalue weighted by Crippen LogP contribution is 2.15. The number of nitrogens with one attached hydrogen (secondary N) is 1. The van der Waals surface area contributed by atoms with Crippen LogP contribution in [0.5, 0.6) is 0 Å². The number of halogens is 2. The molecule has 1 aromatic heterocycles. The molecule has 1 amide bonds. The van der Waals surface area contributed by atoms with Crippen LogP contribution in [0.3, 0.4) is 0 Å². The van der Waals surface area contributed by atoms with Gasteiger partial charge in [-0.1, -0.05) is 0 Å². The highest BCUT2D eigenvalue weighted by Gasteiger charge is 2.16. The molecule has 4 nitrogen and oxygen atoms in total. The molecule has 1 N–H and O–H groups in total. The molecule has 0 radical (unpaired) electrons. The van der Waals surface area contributed by atoms with E-state index in [0.717, 1.165) is 19.4 Å². The molecule has 0 aromatic carbocycles. The number of amides is 1. The van der Waals surface area contributed by atoms with Crippen molar-refractivity contribution in [1.82, 2.24) is 10.3 Å². The molecular formula is C12H14BrFN2O2. The summed E-state index contributed by atoms with van der Waals surface area (Å²) in [5, 5.41) is 2.81. The number of rotatable bonds is 3. The largest absolute Gasteiger partial charge is 0.381 e. The first kappa shape index (κ1) is 13.4. The minimum atomic E-state index is -0.618. The summed E-state index contributed by atoms with van der Waals surface area (Å²) in [5.74, 6) is -0.499. The maximum absolute atomic E-state index is 12.9. The number of carbonyl (C=O) groups excluding carboxylic acids is 1. The van der Waals surface area contributed by atoms with E-state index in [-0.39, 0.29) is 10.4 Å². The molecular weight excluding hydrogens is 303 g/mol. The first-order chi connectivity index (χ1) is 8.66. The highest BCUT2D eigenvalue weighted by molar-refractivity contribution is 9.10. The third kappa shape index (κ3) is 3.49. The van der Waals surface area contributed by atoms with Crippen LogP contribution in [-0.4, -0.2) is 30.6 Å². The zero-order valence-corrected chi connectivity index (χ0v) is 11.4. The second-order valence-corrected chi connectivity index (χ2v) is 5.14. The van der Waals surface area contributed by atoms with Gasteiger partial charge in [0.05, 0.1) is 16.6 Å². The van der Waals surface area contributed by atoms with Gasteiger partial charge in [0, 0.05) is 19.3 Å². The molecule has 0 saturated carbocycles. The Morgan fingerprint density at radius 1 is 1.67 bits per heavy atom. The van der Waals surface area contributed by atoms with E-state index in [0.29, 0.717) is 24.6 Å². The predicted octanol–water partition coefficient (Wildman–Crippen LogP) is 2.14. The van der Waals surface area contributed by atoms with Gasteiger partial charge in [0.25, 0.3) is 5.91 Å². The molecule has 0 unspecified atom stereocenters. The van der Waals surface area contributed by atoms with Crippen LogP contribution in [0.15, 0.2) is 16.7 Å². The molecule has 2 heterocycles. The minimum Gasteiger partial charge on any atom is -0.381 e. The van der Waals surface area contributed by atoms with Gasteiger partial charge in [0.15, 0.2) is 0 Å². The van der Waals surface area contributed by atoms with Gasteiger partial charge < -0.3 is 10.1 Å². The second-order valence-electron chi connectivity index (χ2n) is 4.29. The van der Waals surface area contributed by atoms with Crippen molar-refractivity contribution in [2.24, 2.45) is 5.92 Å². The van der Waals surface area contributed by atoms with Crippen LogP contribution in [0.4, 0.5) is 4.39 Å². The molecule has 1 aromatic rings. The molecule has 18 heavy (non-hydrogen) atoms. The van der Waals surface area contributed by atoms with E-state index in [2.05, 4.69) is 26.2 Å². The Kier molecular flexibility index (Phi) is 4.66. The maximum Gasteiger partial charge on any atom is 0.252 e. The van der Waals surface area contributed by atoms with Crippen LogP contribution in [-0.2, 0) is 4.74 Å². The lowest BCUT2D eigenvalue weighted by Gasteiger charge is -2.22. The van der Waals surface area contributed by atoms with Crippen LogP contribution in [0.1, 0.15) is 23.2 Å². The molecule has 6 heteroatoms. The lowest BCUT2D eigenvalue weighted by atomic mass is 10.0. The average molecular weight is 317 g/mol. The number of ether oxygens (including phenoxy) is 1. The van der Waals surface area contributed by atoms with Crippen LogP contribution in [0.25, 0.3) is 0 Å². The van der Waals surface area contributed by atoms with E-state index < -0.39 is 5.95 Å². The molecule has 1 aliphatic heterocycles. The smallest absolute Gasteiger partial charge is 0.252 e. The summed E-state index contributed by atoms with van der Waals surface area (Å²) in [7, 11) is 0. The number of hydrogen-bond donors (Lipinski definition) is 1. The number of aromatic nitrogens is 1. The van der Waals surface area contributed by atoms with Gasteiger partial charge >= 0.3 is 0 Å². The van der Waals surface area contributed by atoms with Gasteiger partial charge in [0.2, 0.25) is 5.95 Å². The third-order valence-electron chi connectivity index (χ3n) is 2.86. The number of hydrogen-bond acceptors (Lipinski definition) is 3. The fraction of sp³-hybridized carbons (Fsp3) is 0.500. The van der Waals surface area contributed by atoms with Gasteiger partial charge in [-0.15, -0.1) is 0 Å². The lowest BCUT2D eigenvalue weighted by molar-refractivity contribution is 0.0536. The normalized spacial score (nSPS) is 19.6. The highest BCUT2D eigenvalue weighted by atomic mass is 79.9. The Balaban J connectivity index is 1.88. The zero-order chi connectivity index (χ0) is 13.0. The van der Waals surface area contributed by atoms with Crippen molar-refractivity contribution in [1.29, 1.82) is 0 Å². The topological polar surface area (TPSA) is 51.2 Å². The van der Waals surface area contributed by atoms with E-state index in [9.17, 15) is 9.18 Å². The molecule has 98 valence electrons. The SMILES string of the molecule is O=C(NC[C@H]1CCCOC1)c1cnc(F)c(Br)c1. The molecule has 1 saturated heterocycles. The van der Waals surface area contributed by atoms with Crippen molar-refractivity contribution in [2.45, 2.75) is 12.8 Å². The summed E-state index contributed by atoms with van der Waals surface area (Å²) >= 11 is 3.00. The van der Waals surface area contributed by atoms with Crippen molar-refractivity contribution in [3.63, 3.8) is 0 Å². The second kappa shape index (κ2) is 6.24. The predicted molar refractivity (Wildman–Crippen MR) is 67.8 cm³/mol. The van der Waals surface area contributed by atoms with Crippen LogP contribution in [0, 0.1) is 11.9 Å². The molecule has 1 atom stereocenters. The summed E-state index contributed by atoms with van der Waals surface area (Å²) in [6.07, 6.45) is 3.32. The molecule has 0 bridgehead atoms. The Morgan fingerprint density at radius 2 is 2.50 bits per heavy atom. The summed E-state index contributed by atoms with van der Waals surface area (Å²) in [4.78, 5) is 15.3. The quantitative estimate of drug-likeness (QED) is 0.869. The Bertz CT molecular complexity index is 436. The fourth-order valence-corrected chi connectivity index (χ4v) is 2.20. The Hall–Kier alpha value is -1.01. The van der Waals surface area contributed by atoms with E-state index >= 15 is 0 Å². The fourth-order valence-electron chi connectivity index (χ4n) is 1.85. The standard InChI is InChI=1S/C12H14BrFN2O2/c13-10-4-9(6-15-11(10)14)12(17)16-5-8-2-1-3-18-7-8/h4,6,8H,1-3,5,7H2,(H,16,17)/t8-/m1/s1. The number of carbonyl (C=O) groups is 1. The van der Waals surface area contributed by atoms with Crippen LogP contribution >= 0.6 is 15.9 Å². The summed E-state index contributed by atoms with van der Waals surface area (Å²) in [6.45, 7) is 2.07. The number of pyridine rings is 1. The van der Waals surface area contributed by atoms with E-state index in [1.165, 1.54) is 12.3 Å². The minimum absolute atomic E-state index is 0.191. The van der Waals surface area contributed by atoms with Crippen LogP contribution in [0.2, 0.25) is 0 Å². The summed E-state index contributed by atoms with van der Waals surface area (Å²) < 4.78 is 18.5. The first-order valence-corrected chi connectivity index (χ1v) is 6.63. The van der Waals surface area contributed by atoms with Crippen molar-refractivity contribution >= 4 is 21.8 Å². The molecule has 0 aliphatic carbocycles. The summed E-state index contributed by atoms with van der Waals surface area (Å²) in [6, 6.07) is 1.43. The lowest BCUT2D eigenvalue weighted by Crippen LogP contribution is -2.33. The Labute approximate surface area is 113 Å². The monoisotopic (exact) mass is 316 g/mol. The van der Waals surface area contributed by atoms with Gasteiger partial charge in [-0.3, -0.25) is 4.79 Å².